The first-order valence-electron chi connectivity index (χ1n) is 23.7. The number of unbranched alkanes of at least 4 members (excludes halogenated alkanes) is 14. The highest BCUT2D eigenvalue weighted by Gasteiger charge is 2.58. The summed E-state index contributed by atoms with van der Waals surface area (Å²) >= 11 is 0. The van der Waals surface area contributed by atoms with E-state index in [1.807, 2.05) is 0 Å². The van der Waals surface area contributed by atoms with E-state index in [-0.39, 0.29) is 43.5 Å². The van der Waals surface area contributed by atoms with Crippen LogP contribution < -0.4 is 10.6 Å². The Morgan fingerprint density at radius 3 is 1.34 bits per heavy atom. The van der Waals surface area contributed by atoms with Crippen LogP contribution in [-0.4, -0.2) is 71.0 Å². The zero-order valence-electron chi connectivity index (χ0n) is 37.8. The molecule has 2 aromatic carbocycles. The SMILES string of the molecule is CCCCCCCCCCc1ccc(CCNC2CC(C(=O)O)(C(=O)O)C2)c(F)c1F.CCCCCCCCCCc1ccc(CCNC2CC(C(=O)O)(C(=O)OCC)C2)cc1. The topological polar surface area (TPSA) is 162 Å². The molecule has 348 valence electrons. The molecule has 0 radical (unpaired) electrons. The predicted molar refractivity (Wildman–Crippen MR) is 239 cm³/mol. The highest BCUT2D eigenvalue weighted by atomic mass is 19.2. The van der Waals surface area contributed by atoms with E-state index >= 15 is 0 Å². The number of ether oxygens (including phenoxy) is 1. The van der Waals surface area contributed by atoms with Crippen LogP contribution in [-0.2, 0) is 49.6 Å². The van der Waals surface area contributed by atoms with Gasteiger partial charge in [0.15, 0.2) is 22.5 Å². The zero-order chi connectivity index (χ0) is 45.4. The Labute approximate surface area is 369 Å². The normalized spacial score (nSPS) is 17.9. The van der Waals surface area contributed by atoms with Gasteiger partial charge in [0, 0.05) is 12.1 Å². The first kappa shape index (κ1) is 52.4. The number of carboxylic acid groups (broad SMARTS) is 3. The second-order valence-electron chi connectivity index (χ2n) is 17.7. The van der Waals surface area contributed by atoms with Gasteiger partial charge in [-0.25, -0.2) is 8.78 Å². The Bertz CT molecular complexity index is 1640. The van der Waals surface area contributed by atoms with Crippen LogP contribution >= 0.6 is 0 Å². The van der Waals surface area contributed by atoms with Crippen LogP contribution in [0.5, 0.6) is 0 Å². The summed E-state index contributed by atoms with van der Waals surface area (Å²) in [6.45, 7) is 7.46. The fourth-order valence-corrected chi connectivity index (χ4v) is 8.62. The lowest BCUT2D eigenvalue weighted by molar-refractivity contribution is -0.178. The summed E-state index contributed by atoms with van der Waals surface area (Å²) in [5, 5.41) is 34.1. The molecule has 12 heteroatoms. The Kier molecular flexibility index (Phi) is 23.7. The molecule has 10 nitrogen and oxygen atoms in total. The third-order valence-corrected chi connectivity index (χ3v) is 12.8. The standard InChI is InChI=1S/C26H41NO4.C24H35F2NO4/c1-3-5-6-7-8-9-10-11-12-21-13-15-22(16-14-21)17-18-27-23-19-26(20-23,24(28)29)25(30)31-4-2;1-2-3-4-5-6-7-8-9-10-17-11-12-18(21(26)20(17)25)13-14-27-19-15-24(16-19,22(28)29)23(30)31/h13-16,23,27H,3-12,17-20H2,1-2H3,(H,28,29);11-12,19,27H,2-10,13-16H2,1H3,(H,28,29)(H,30,31). The lowest BCUT2D eigenvalue weighted by Gasteiger charge is -2.42. The molecule has 62 heavy (non-hydrogen) atoms. The van der Waals surface area contributed by atoms with Gasteiger partial charge in [-0.15, -0.1) is 0 Å². The van der Waals surface area contributed by atoms with Crippen molar-refractivity contribution < 1.29 is 48.0 Å². The van der Waals surface area contributed by atoms with Crippen LogP contribution in [0.1, 0.15) is 171 Å². The summed E-state index contributed by atoms with van der Waals surface area (Å²) in [5.41, 5.74) is 0.277. The molecule has 0 atom stereocenters. The minimum Gasteiger partial charge on any atom is -0.480 e. The molecular weight excluding hydrogens is 795 g/mol. The van der Waals surface area contributed by atoms with Gasteiger partial charge in [-0.3, -0.25) is 19.2 Å². The van der Waals surface area contributed by atoms with E-state index in [1.165, 1.54) is 94.6 Å². The van der Waals surface area contributed by atoms with Crippen molar-refractivity contribution in [3.05, 3.63) is 70.3 Å². The van der Waals surface area contributed by atoms with Crippen LogP contribution in [0.25, 0.3) is 0 Å². The van der Waals surface area contributed by atoms with Crippen molar-refractivity contribution in [1.82, 2.24) is 10.6 Å². The Morgan fingerprint density at radius 2 is 0.903 bits per heavy atom. The maximum absolute atomic E-state index is 14.4. The molecule has 0 amide bonds. The highest BCUT2D eigenvalue weighted by molar-refractivity contribution is 6.00. The molecule has 2 fully saturated rings. The smallest absolute Gasteiger partial charge is 0.323 e. The quantitative estimate of drug-likeness (QED) is 0.0280. The molecule has 0 heterocycles. The zero-order valence-corrected chi connectivity index (χ0v) is 37.8. The molecule has 5 N–H and O–H groups in total. The van der Waals surface area contributed by atoms with E-state index < -0.39 is 46.3 Å². The van der Waals surface area contributed by atoms with E-state index in [0.29, 0.717) is 31.4 Å². The molecule has 4 rings (SSSR count). The van der Waals surface area contributed by atoms with Crippen molar-refractivity contribution in [2.75, 3.05) is 19.7 Å². The summed E-state index contributed by atoms with van der Waals surface area (Å²) in [6, 6.07) is 11.9. The van der Waals surface area contributed by atoms with Crippen LogP contribution in [0.15, 0.2) is 36.4 Å². The number of benzene rings is 2. The fourth-order valence-electron chi connectivity index (χ4n) is 8.62. The Morgan fingerprint density at radius 1 is 0.532 bits per heavy atom. The number of carboxylic acids is 3. The van der Waals surface area contributed by atoms with Gasteiger partial charge in [-0.05, 0) is 106 Å². The number of carbonyl (C=O) groups is 4. The van der Waals surface area contributed by atoms with Crippen molar-refractivity contribution >= 4 is 23.9 Å². The van der Waals surface area contributed by atoms with Crippen LogP contribution in [0.2, 0.25) is 0 Å². The van der Waals surface area contributed by atoms with E-state index in [9.17, 15) is 33.1 Å². The van der Waals surface area contributed by atoms with Gasteiger partial charge < -0.3 is 30.7 Å². The second-order valence-corrected chi connectivity index (χ2v) is 17.7. The lowest BCUT2D eigenvalue weighted by Crippen LogP contribution is -2.57. The molecule has 0 saturated heterocycles. The first-order chi connectivity index (χ1) is 29.8. The summed E-state index contributed by atoms with van der Waals surface area (Å²) in [7, 11) is 0. The summed E-state index contributed by atoms with van der Waals surface area (Å²) < 4.78 is 33.8. The second kappa shape index (κ2) is 28.0. The number of hydrogen-bond donors (Lipinski definition) is 5. The average molecular weight is 871 g/mol. The van der Waals surface area contributed by atoms with Crippen LogP contribution in [0, 0.1) is 22.5 Å². The third-order valence-electron chi connectivity index (χ3n) is 12.8. The highest BCUT2D eigenvalue weighted by Crippen LogP contribution is 2.43. The Balaban J connectivity index is 0.000000330. The van der Waals surface area contributed by atoms with Crippen molar-refractivity contribution in [2.24, 2.45) is 10.8 Å². The van der Waals surface area contributed by atoms with E-state index in [4.69, 9.17) is 14.9 Å². The minimum absolute atomic E-state index is 0.00789. The maximum atomic E-state index is 14.4. The monoisotopic (exact) mass is 871 g/mol. The molecule has 0 aliphatic heterocycles. The first-order valence-corrected chi connectivity index (χ1v) is 23.7. The molecule has 2 saturated carbocycles. The molecule has 0 spiro atoms. The van der Waals surface area contributed by atoms with Gasteiger partial charge in [-0.2, -0.15) is 0 Å². The van der Waals surface area contributed by atoms with E-state index in [0.717, 1.165) is 38.6 Å². The van der Waals surface area contributed by atoms with Gasteiger partial charge >= 0.3 is 23.9 Å². The summed E-state index contributed by atoms with van der Waals surface area (Å²) in [4.78, 5) is 45.9. The van der Waals surface area contributed by atoms with Gasteiger partial charge in [0.1, 0.15) is 0 Å². The van der Waals surface area contributed by atoms with Gasteiger partial charge in [0.2, 0.25) is 0 Å². The number of halogens is 2. The van der Waals surface area contributed by atoms with Gasteiger partial charge in [-0.1, -0.05) is 140 Å². The van der Waals surface area contributed by atoms with Crippen molar-refractivity contribution in [3.8, 4) is 0 Å². The number of aryl methyl sites for hydroxylation is 2. The number of rotatable bonds is 31. The molecule has 0 unspecified atom stereocenters. The number of hydrogen-bond acceptors (Lipinski definition) is 7. The minimum atomic E-state index is -1.73. The van der Waals surface area contributed by atoms with Crippen molar-refractivity contribution in [2.45, 2.75) is 187 Å². The molecule has 0 aromatic heterocycles. The third kappa shape index (κ3) is 16.3. The van der Waals surface area contributed by atoms with Crippen LogP contribution in [0.3, 0.4) is 0 Å². The largest absolute Gasteiger partial charge is 0.480 e. The molecule has 2 aliphatic carbocycles. The number of nitrogens with one attached hydrogen (secondary N) is 2. The molecule has 0 bridgehead atoms. The average Bonchev–Trinajstić information content (AvgIpc) is 3.21. The molecule has 2 aromatic rings. The van der Waals surface area contributed by atoms with Crippen molar-refractivity contribution in [3.63, 3.8) is 0 Å². The number of esters is 1. The van der Waals surface area contributed by atoms with Gasteiger partial charge in [0.25, 0.3) is 0 Å². The fraction of sp³-hybridized carbons (Fsp3) is 0.680. The summed E-state index contributed by atoms with van der Waals surface area (Å²) in [6.07, 6.45) is 23.4. The summed E-state index contributed by atoms with van der Waals surface area (Å²) in [5.74, 6) is -5.95. The molecular formula is C50H76F2N2O8. The molecule has 2 aliphatic rings. The number of carbonyl (C=O) groups excluding carboxylic acids is 1. The predicted octanol–water partition coefficient (Wildman–Crippen LogP) is 10.4. The van der Waals surface area contributed by atoms with E-state index in [1.54, 1.807) is 19.1 Å². The number of aliphatic carboxylic acids is 3. The maximum Gasteiger partial charge on any atom is 0.323 e. The van der Waals surface area contributed by atoms with Crippen molar-refractivity contribution in [1.29, 1.82) is 0 Å². The van der Waals surface area contributed by atoms with Gasteiger partial charge in [0.05, 0.1) is 6.61 Å². The van der Waals surface area contributed by atoms with Crippen LogP contribution in [0.4, 0.5) is 8.78 Å². The lowest BCUT2D eigenvalue weighted by atomic mass is 9.65. The Hall–Kier alpha value is -3.90. The van der Waals surface area contributed by atoms with E-state index in [2.05, 4.69) is 48.7 Å².